The van der Waals surface area contributed by atoms with Gasteiger partial charge in [0.1, 0.15) is 6.61 Å². The van der Waals surface area contributed by atoms with Crippen LogP contribution in [-0.4, -0.2) is 53.2 Å². The molecule has 0 spiro atoms. The second-order valence-corrected chi connectivity index (χ2v) is 9.82. The summed E-state index contributed by atoms with van der Waals surface area (Å²) >= 11 is 0. The van der Waals surface area contributed by atoms with E-state index >= 15 is 0 Å². The van der Waals surface area contributed by atoms with Crippen molar-refractivity contribution < 1.29 is 24.2 Å². The van der Waals surface area contributed by atoms with Gasteiger partial charge in [0.15, 0.2) is 0 Å². The molecule has 2 aliphatic rings. The molecule has 0 radical (unpaired) electrons. The molecular formula is C28H34N2O5. The van der Waals surface area contributed by atoms with Gasteiger partial charge in [0.05, 0.1) is 5.92 Å². The lowest BCUT2D eigenvalue weighted by Gasteiger charge is -2.29. The summed E-state index contributed by atoms with van der Waals surface area (Å²) in [5.74, 6) is -1.54. The Morgan fingerprint density at radius 2 is 1.66 bits per heavy atom. The van der Waals surface area contributed by atoms with Crippen molar-refractivity contribution in [1.82, 2.24) is 10.2 Å². The van der Waals surface area contributed by atoms with Crippen LogP contribution in [0.25, 0.3) is 11.1 Å². The second kappa shape index (κ2) is 10.5. The van der Waals surface area contributed by atoms with Crippen LogP contribution in [0.4, 0.5) is 4.79 Å². The van der Waals surface area contributed by atoms with E-state index in [4.69, 9.17) is 4.74 Å². The summed E-state index contributed by atoms with van der Waals surface area (Å²) in [6.07, 6.45) is 0.626. The van der Waals surface area contributed by atoms with E-state index in [0.717, 1.165) is 11.1 Å². The lowest BCUT2D eigenvalue weighted by molar-refractivity contribution is -0.143. The second-order valence-electron chi connectivity index (χ2n) is 9.82. The molecule has 2 aromatic rings. The van der Waals surface area contributed by atoms with Gasteiger partial charge in [0.25, 0.3) is 0 Å². The van der Waals surface area contributed by atoms with Gasteiger partial charge in [-0.05, 0) is 41.0 Å². The Balaban J connectivity index is 1.38. The number of carboxylic acids is 1. The predicted molar refractivity (Wildman–Crippen MR) is 133 cm³/mol. The molecule has 186 valence electrons. The highest BCUT2D eigenvalue weighted by Crippen LogP contribution is 2.44. The topological polar surface area (TPSA) is 95.9 Å². The zero-order valence-corrected chi connectivity index (χ0v) is 20.6. The van der Waals surface area contributed by atoms with Crippen LogP contribution < -0.4 is 5.32 Å². The lowest BCUT2D eigenvalue weighted by Crippen LogP contribution is -2.46. The summed E-state index contributed by atoms with van der Waals surface area (Å²) in [5, 5.41) is 12.3. The minimum absolute atomic E-state index is 0.0115. The summed E-state index contributed by atoms with van der Waals surface area (Å²) in [5.41, 5.74) is 4.62. The Labute approximate surface area is 206 Å². The molecule has 35 heavy (non-hydrogen) atoms. The van der Waals surface area contributed by atoms with Gasteiger partial charge in [-0.2, -0.15) is 0 Å². The zero-order valence-electron chi connectivity index (χ0n) is 20.6. The average Bonchev–Trinajstić information content (AvgIpc) is 3.42. The van der Waals surface area contributed by atoms with Gasteiger partial charge < -0.3 is 20.1 Å². The minimum atomic E-state index is -0.857. The third kappa shape index (κ3) is 5.04. The fourth-order valence-corrected chi connectivity index (χ4v) is 5.51. The SMILES string of the molecule is CCC1C(C(=O)O)CCN1C(=O)CC(NC(=O)OCC1c2ccccc2-c2ccccc21)C(C)C. The Morgan fingerprint density at radius 1 is 1.06 bits per heavy atom. The van der Waals surface area contributed by atoms with Crippen molar-refractivity contribution in [1.29, 1.82) is 0 Å². The van der Waals surface area contributed by atoms with Gasteiger partial charge in [-0.25, -0.2) is 4.79 Å². The van der Waals surface area contributed by atoms with Crippen molar-refractivity contribution in [3.63, 3.8) is 0 Å². The first kappa shape index (κ1) is 24.8. The van der Waals surface area contributed by atoms with Crippen molar-refractivity contribution in [2.75, 3.05) is 13.2 Å². The molecule has 1 heterocycles. The van der Waals surface area contributed by atoms with Crippen LogP contribution in [0.1, 0.15) is 57.1 Å². The van der Waals surface area contributed by atoms with E-state index in [1.54, 1.807) is 4.90 Å². The maximum absolute atomic E-state index is 13.1. The normalized spacial score (nSPS) is 19.8. The zero-order chi connectivity index (χ0) is 25.1. The molecule has 7 heteroatoms. The number of carbonyl (C=O) groups is 3. The first-order valence-corrected chi connectivity index (χ1v) is 12.5. The molecule has 3 unspecified atom stereocenters. The van der Waals surface area contributed by atoms with Crippen molar-refractivity contribution in [3.05, 3.63) is 59.7 Å². The molecule has 1 aliphatic heterocycles. The highest BCUT2D eigenvalue weighted by Gasteiger charge is 2.40. The minimum Gasteiger partial charge on any atom is -0.481 e. The number of rotatable bonds is 8. The fourth-order valence-electron chi connectivity index (χ4n) is 5.51. The van der Waals surface area contributed by atoms with Crippen molar-refractivity contribution >= 4 is 18.0 Å². The molecule has 0 bridgehead atoms. The molecule has 0 saturated carbocycles. The van der Waals surface area contributed by atoms with Crippen LogP contribution >= 0.6 is 0 Å². The third-order valence-electron chi connectivity index (χ3n) is 7.45. The van der Waals surface area contributed by atoms with E-state index in [9.17, 15) is 19.5 Å². The fraction of sp³-hybridized carbons (Fsp3) is 0.464. The molecule has 3 atom stereocenters. The Bertz CT molecular complexity index is 1050. The van der Waals surface area contributed by atoms with Gasteiger partial charge in [-0.1, -0.05) is 69.3 Å². The van der Waals surface area contributed by atoms with E-state index in [1.165, 1.54) is 11.1 Å². The number of amides is 2. The van der Waals surface area contributed by atoms with Crippen LogP contribution in [0.5, 0.6) is 0 Å². The van der Waals surface area contributed by atoms with Crippen LogP contribution in [0.2, 0.25) is 0 Å². The number of carbonyl (C=O) groups excluding carboxylic acids is 2. The van der Waals surface area contributed by atoms with Crippen LogP contribution in [0, 0.1) is 11.8 Å². The Hall–Kier alpha value is -3.35. The molecular weight excluding hydrogens is 444 g/mol. The van der Waals surface area contributed by atoms with Gasteiger partial charge >= 0.3 is 12.1 Å². The molecule has 7 nitrogen and oxygen atoms in total. The Kier molecular flexibility index (Phi) is 7.43. The van der Waals surface area contributed by atoms with Crippen LogP contribution in [0.15, 0.2) is 48.5 Å². The smallest absolute Gasteiger partial charge is 0.407 e. The number of benzene rings is 2. The predicted octanol–water partition coefficient (Wildman–Crippen LogP) is 4.65. The largest absolute Gasteiger partial charge is 0.481 e. The standard InChI is InChI=1S/C28H34N2O5/c1-4-25-22(27(32)33)13-14-30(25)26(31)15-24(17(2)3)29-28(34)35-16-23-20-11-7-5-9-18(20)19-10-6-8-12-21(19)23/h5-12,17,22-25H,4,13-16H2,1-3H3,(H,29,34)(H,32,33). The van der Waals surface area contributed by atoms with Gasteiger partial charge in [-0.3, -0.25) is 9.59 Å². The van der Waals surface area contributed by atoms with Gasteiger partial charge in [-0.15, -0.1) is 0 Å². The van der Waals surface area contributed by atoms with Gasteiger partial charge in [0.2, 0.25) is 5.91 Å². The number of hydrogen-bond acceptors (Lipinski definition) is 4. The maximum Gasteiger partial charge on any atom is 0.407 e. The molecule has 2 N–H and O–H groups in total. The van der Waals surface area contributed by atoms with E-state index < -0.39 is 24.0 Å². The van der Waals surface area contributed by atoms with Crippen LogP contribution in [-0.2, 0) is 14.3 Å². The molecule has 4 rings (SSSR count). The summed E-state index contributed by atoms with van der Waals surface area (Å²) in [4.78, 5) is 39.0. The number of nitrogens with zero attached hydrogens (tertiary/aromatic N) is 1. The Morgan fingerprint density at radius 3 is 2.20 bits per heavy atom. The molecule has 2 amide bonds. The number of aliphatic carboxylic acids is 1. The summed E-state index contributed by atoms with van der Waals surface area (Å²) < 4.78 is 5.67. The molecule has 2 aromatic carbocycles. The van der Waals surface area contributed by atoms with Crippen molar-refractivity contribution in [3.8, 4) is 11.1 Å². The first-order chi connectivity index (χ1) is 16.8. The summed E-state index contributed by atoms with van der Waals surface area (Å²) in [6.45, 7) is 6.44. The number of hydrogen-bond donors (Lipinski definition) is 2. The summed E-state index contributed by atoms with van der Waals surface area (Å²) in [7, 11) is 0. The third-order valence-corrected chi connectivity index (χ3v) is 7.45. The van der Waals surface area contributed by atoms with Crippen molar-refractivity contribution in [2.24, 2.45) is 11.8 Å². The van der Waals surface area contributed by atoms with E-state index in [2.05, 4.69) is 29.6 Å². The number of carboxylic acid groups (broad SMARTS) is 1. The van der Waals surface area contributed by atoms with Gasteiger partial charge in [0, 0.05) is 31.0 Å². The quantitative estimate of drug-likeness (QED) is 0.576. The molecule has 0 aromatic heterocycles. The number of fused-ring (bicyclic) bond motifs is 3. The van der Waals surface area contributed by atoms with E-state index in [-0.39, 0.29) is 36.8 Å². The molecule has 1 fully saturated rings. The monoisotopic (exact) mass is 478 g/mol. The molecule has 1 aliphatic carbocycles. The van der Waals surface area contributed by atoms with Crippen LogP contribution in [0.3, 0.4) is 0 Å². The molecule has 1 saturated heterocycles. The van der Waals surface area contributed by atoms with E-state index in [1.807, 2.05) is 45.0 Å². The average molecular weight is 479 g/mol. The highest BCUT2D eigenvalue weighted by atomic mass is 16.5. The van der Waals surface area contributed by atoms with E-state index in [0.29, 0.717) is 19.4 Å². The number of alkyl carbamates (subject to hydrolysis) is 1. The number of nitrogens with one attached hydrogen (secondary N) is 1. The summed E-state index contributed by atoms with van der Waals surface area (Å²) in [6, 6.07) is 15.6. The highest BCUT2D eigenvalue weighted by molar-refractivity contribution is 5.81. The van der Waals surface area contributed by atoms with Crippen molar-refractivity contribution in [2.45, 2.75) is 58.0 Å². The maximum atomic E-state index is 13.1. The first-order valence-electron chi connectivity index (χ1n) is 12.5. The lowest BCUT2D eigenvalue weighted by atomic mass is 9.97. The number of likely N-dealkylation sites (tertiary alicyclic amines) is 1. The number of ether oxygens (including phenoxy) is 1.